The molecule has 1 aliphatic heterocycles. The van der Waals surface area contributed by atoms with Crippen LogP contribution >= 0.6 is 0 Å². The molecule has 2 aromatic carbocycles. The van der Waals surface area contributed by atoms with Crippen molar-refractivity contribution in [2.45, 2.75) is 18.9 Å². The first-order chi connectivity index (χ1) is 10.4. The van der Waals surface area contributed by atoms with Crippen molar-refractivity contribution in [1.29, 1.82) is 5.26 Å². The van der Waals surface area contributed by atoms with Gasteiger partial charge in [0.25, 0.3) is 0 Å². The third kappa shape index (κ3) is 3.32. The van der Waals surface area contributed by atoms with Crippen LogP contribution in [-0.2, 0) is 6.54 Å². The van der Waals surface area contributed by atoms with Gasteiger partial charge in [-0.1, -0.05) is 60.7 Å². The van der Waals surface area contributed by atoms with E-state index in [4.69, 9.17) is 0 Å². The van der Waals surface area contributed by atoms with Gasteiger partial charge in [-0.3, -0.25) is 4.90 Å². The molecule has 2 nitrogen and oxygen atoms in total. The summed E-state index contributed by atoms with van der Waals surface area (Å²) in [6.45, 7) is 3.09. The number of hydrogen-bond donors (Lipinski definition) is 0. The summed E-state index contributed by atoms with van der Waals surface area (Å²) in [6, 6.07) is 23.3. The van der Waals surface area contributed by atoms with Crippen molar-refractivity contribution in [2.24, 2.45) is 5.92 Å². The van der Waals surface area contributed by atoms with Crippen molar-refractivity contribution >= 4 is 0 Å². The Bertz CT molecular complexity index is 600. The Morgan fingerprint density at radius 3 is 2.38 bits per heavy atom. The molecule has 0 saturated carbocycles. The predicted octanol–water partition coefficient (Wildman–Crippen LogP) is 3.82. The summed E-state index contributed by atoms with van der Waals surface area (Å²) < 4.78 is 0. The summed E-state index contributed by atoms with van der Waals surface area (Å²) in [7, 11) is 0. The lowest BCUT2D eigenvalue weighted by Gasteiger charge is -2.19. The van der Waals surface area contributed by atoms with E-state index in [0.717, 1.165) is 31.6 Å². The van der Waals surface area contributed by atoms with Crippen LogP contribution in [0.1, 0.15) is 23.5 Å². The van der Waals surface area contributed by atoms with Crippen molar-refractivity contribution in [3.05, 3.63) is 71.8 Å². The molecule has 0 aromatic heterocycles. The van der Waals surface area contributed by atoms with Crippen LogP contribution in [0.2, 0.25) is 0 Å². The van der Waals surface area contributed by atoms with Crippen LogP contribution in [0.4, 0.5) is 0 Å². The number of nitriles is 1. The van der Waals surface area contributed by atoms with Crippen molar-refractivity contribution in [3.63, 3.8) is 0 Å². The van der Waals surface area contributed by atoms with Crippen LogP contribution in [0, 0.1) is 17.2 Å². The minimum absolute atomic E-state index is 0.0203. The zero-order valence-electron chi connectivity index (χ0n) is 12.2. The molecular weight excluding hydrogens is 256 g/mol. The number of rotatable bonds is 4. The van der Waals surface area contributed by atoms with Gasteiger partial charge in [0.2, 0.25) is 0 Å². The van der Waals surface area contributed by atoms with Gasteiger partial charge in [0, 0.05) is 13.1 Å². The van der Waals surface area contributed by atoms with E-state index < -0.39 is 0 Å². The van der Waals surface area contributed by atoms with Gasteiger partial charge in [0.05, 0.1) is 12.0 Å². The van der Waals surface area contributed by atoms with Crippen LogP contribution < -0.4 is 0 Å². The standard InChI is InChI=1S/C19H20N2/c20-13-19(17-9-5-2-6-10-17)18-11-12-21(15-18)14-16-7-3-1-4-8-16/h1-10,18-19H,11-12,14-15H2/t18-,19?/m1/s1. The Hall–Kier alpha value is -2.11. The summed E-state index contributed by atoms with van der Waals surface area (Å²) in [5.41, 5.74) is 2.51. The van der Waals surface area contributed by atoms with Crippen LogP contribution in [0.15, 0.2) is 60.7 Å². The van der Waals surface area contributed by atoms with E-state index >= 15 is 0 Å². The maximum Gasteiger partial charge on any atom is 0.0753 e. The third-order valence-electron chi connectivity index (χ3n) is 4.33. The van der Waals surface area contributed by atoms with E-state index in [9.17, 15) is 5.26 Å². The molecule has 106 valence electrons. The third-order valence-corrected chi connectivity index (χ3v) is 4.33. The maximum absolute atomic E-state index is 9.55. The minimum Gasteiger partial charge on any atom is -0.299 e. The fourth-order valence-corrected chi connectivity index (χ4v) is 3.23. The summed E-state index contributed by atoms with van der Waals surface area (Å²) in [5.74, 6) is 0.466. The molecule has 1 heterocycles. The molecule has 3 rings (SSSR count). The molecule has 1 saturated heterocycles. The second kappa shape index (κ2) is 6.56. The highest BCUT2D eigenvalue weighted by Crippen LogP contribution is 2.32. The van der Waals surface area contributed by atoms with Gasteiger partial charge in [-0.25, -0.2) is 0 Å². The summed E-state index contributed by atoms with van der Waals surface area (Å²) in [5, 5.41) is 9.55. The first kappa shape index (κ1) is 13.9. The molecule has 1 unspecified atom stereocenters. The van der Waals surface area contributed by atoms with Crippen molar-refractivity contribution in [3.8, 4) is 6.07 Å². The molecule has 2 heteroatoms. The minimum atomic E-state index is 0.0203. The lowest BCUT2D eigenvalue weighted by atomic mass is 9.86. The largest absolute Gasteiger partial charge is 0.299 e. The molecule has 0 radical (unpaired) electrons. The van der Waals surface area contributed by atoms with E-state index in [2.05, 4.69) is 53.4 Å². The Balaban J connectivity index is 1.65. The average Bonchev–Trinajstić information content (AvgIpc) is 2.98. The Kier molecular flexibility index (Phi) is 4.33. The second-order valence-corrected chi connectivity index (χ2v) is 5.79. The second-order valence-electron chi connectivity index (χ2n) is 5.79. The van der Waals surface area contributed by atoms with Crippen LogP contribution in [0.25, 0.3) is 0 Å². The van der Waals surface area contributed by atoms with Crippen molar-refractivity contribution in [2.75, 3.05) is 13.1 Å². The molecule has 2 atom stereocenters. The fourth-order valence-electron chi connectivity index (χ4n) is 3.23. The van der Waals surface area contributed by atoms with Gasteiger partial charge in [-0.2, -0.15) is 5.26 Å². The van der Waals surface area contributed by atoms with Gasteiger partial charge in [-0.15, -0.1) is 0 Å². The SMILES string of the molecule is N#CC(c1ccccc1)[C@@H]1CCN(Cc2ccccc2)C1. The quantitative estimate of drug-likeness (QED) is 0.849. The van der Waals surface area contributed by atoms with Crippen molar-refractivity contribution in [1.82, 2.24) is 4.90 Å². The average molecular weight is 276 g/mol. The lowest BCUT2D eigenvalue weighted by molar-refractivity contribution is 0.312. The number of hydrogen-bond acceptors (Lipinski definition) is 2. The monoisotopic (exact) mass is 276 g/mol. The fraction of sp³-hybridized carbons (Fsp3) is 0.316. The van der Waals surface area contributed by atoms with Gasteiger partial charge in [-0.05, 0) is 30.0 Å². The summed E-state index contributed by atoms with van der Waals surface area (Å²) >= 11 is 0. The van der Waals surface area contributed by atoms with Crippen LogP contribution in [0.3, 0.4) is 0 Å². The summed E-state index contributed by atoms with van der Waals surface area (Å²) in [6.07, 6.45) is 1.11. The molecule has 0 aliphatic carbocycles. The molecule has 0 bridgehead atoms. The van der Waals surface area contributed by atoms with Gasteiger partial charge >= 0.3 is 0 Å². The molecule has 2 aromatic rings. The first-order valence-corrected chi connectivity index (χ1v) is 7.57. The highest BCUT2D eigenvalue weighted by atomic mass is 15.1. The molecule has 0 amide bonds. The van der Waals surface area contributed by atoms with E-state index in [1.165, 1.54) is 5.56 Å². The van der Waals surface area contributed by atoms with E-state index in [1.54, 1.807) is 0 Å². The smallest absolute Gasteiger partial charge is 0.0753 e. The van der Waals surface area contributed by atoms with Gasteiger partial charge < -0.3 is 0 Å². The molecule has 0 spiro atoms. The zero-order chi connectivity index (χ0) is 14.5. The molecule has 1 aliphatic rings. The van der Waals surface area contributed by atoms with Crippen LogP contribution in [0.5, 0.6) is 0 Å². The zero-order valence-corrected chi connectivity index (χ0v) is 12.2. The molecular formula is C19H20N2. The van der Waals surface area contributed by atoms with E-state index in [1.807, 2.05) is 18.2 Å². The topological polar surface area (TPSA) is 27.0 Å². The Morgan fingerprint density at radius 1 is 1.05 bits per heavy atom. The first-order valence-electron chi connectivity index (χ1n) is 7.57. The molecule has 0 N–H and O–H groups in total. The Labute approximate surface area is 126 Å². The molecule has 1 fully saturated rings. The van der Waals surface area contributed by atoms with E-state index in [0.29, 0.717) is 5.92 Å². The number of likely N-dealkylation sites (tertiary alicyclic amines) is 1. The maximum atomic E-state index is 9.55. The normalized spacial score (nSPS) is 20.0. The number of benzene rings is 2. The van der Waals surface area contributed by atoms with Crippen molar-refractivity contribution < 1.29 is 0 Å². The summed E-state index contributed by atoms with van der Waals surface area (Å²) in [4.78, 5) is 2.47. The Morgan fingerprint density at radius 2 is 1.71 bits per heavy atom. The van der Waals surface area contributed by atoms with Crippen LogP contribution in [-0.4, -0.2) is 18.0 Å². The van der Waals surface area contributed by atoms with Gasteiger partial charge in [0.15, 0.2) is 0 Å². The van der Waals surface area contributed by atoms with Gasteiger partial charge in [0.1, 0.15) is 0 Å². The highest BCUT2D eigenvalue weighted by molar-refractivity contribution is 5.26. The predicted molar refractivity (Wildman–Crippen MR) is 84.6 cm³/mol. The number of nitrogens with zero attached hydrogens (tertiary/aromatic N) is 2. The lowest BCUT2D eigenvalue weighted by Crippen LogP contribution is -2.22. The molecule has 21 heavy (non-hydrogen) atoms. The van der Waals surface area contributed by atoms with E-state index in [-0.39, 0.29) is 5.92 Å². The highest BCUT2D eigenvalue weighted by Gasteiger charge is 2.30.